The first kappa shape index (κ1) is 13.1. The number of hydrogen-bond donors (Lipinski definition) is 1. The molecule has 98 valence electrons. The van der Waals surface area contributed by atoms with Crippen LogP contribution in [0.5, 0.6) is 0 Å². The second-order valence-corrected chi connectivity index (χ2v) is 3.86. The molecule has 0 bridgehead atoms. The van der Waals surface area contributed by atoms with Crippen molar-refractivity contribution >= 4 is 11.8 Å². The van der Waals surface area contributed by atoms with Gasteiger partial charge in [-0.05, 0) is 24.3 Å². The van der Waals surface area contributed by atoms with Crippen LogP contribution < -0.4 is 0 Å². The zero-order valence-electron chi connectivity index (χ0n) is 9.72. The highest BCUT2D eigenvalue weighted by molar-refractivity contribution is 5.75. The summed E-state index contributed by atoms with van der Waals surface area (Å²) in [6.45, 7) is 0. The Morgan fingerprint density at radius 1 is 1.05 bits per heavy atom. The number of aliphatic hydroxyl groups is 1. The fraction of sp³-hybridized carbons (Fsp3) is 0.0714. The zero-order chi connectivity index (χ0) is 13.9. The maximum Gasteiger partial charge on any atom is 0.416 e. The number of hydrogen-bond acceptors (Lipinski definition) is 2. The summed E-state index contributed by atoms with van der Waals surface area (Å²) in [5, 5.41) is 9.81. The number of aromatic nitrogens is 1. The largest absolute Gasteiger partial charge is 0.507 e. The Morgan fingerprint density at radius 2 is 1.74 bits per heavy atom. The fourth-order valence-corrected chi connectivity index (χ4v) is 1.51. The van der Waals surface area contributed by atoms with E-state index in [1.54, 1.807) is 24.4 Å². The molecule has 0 amide bonds. The topological polar surface area (TPSA) is 33.1 Å². The molecule has 1 aromatic heterocycles. The Labute approximate surface area is 107 Å². The van der Waals surface area contributed by atoms with Gasteiger partial charge in [-0.15, -0.1) is 0 Å². The lowest BCUT2D eigenvalue weighted by Gasteiger charge is -2.07. The van der Waals surface area contributed by atoms with Crippen LogP contribution in [0.1, 0.15) is 16.8 Å². The molecule has 0 fully saturated rings. The molecule has 0 unspecified atom stereocenters. The number of aliphatic hydroxyl groups excluding tert-OH is 1. The van der Waals surface area contributed by atoms with E-state index in [9.17, 15) is 18.3 Å². The standard InChI is InChI=1S/C14H10F3NO/c15-14(16,17)11-6-4-10(5-7-11)13(19)9-12-3-1-2-8-18-12/h1-9,19H/b13-9-. The average molecular weight is 265 g/mol. The molecule has 5 heteroatoms. The van der Waals surface area contributed by atoms with Gasteiger partial charge in [-0.2, -0.15) is 13.2 Å². The van der Waals surface area contributed by atoms with Gasteiger partial charge in [0.15, 0.2) is 0 Å². The van der Waals surface area contributed by atoms with Gasteiger partial charge < -0.3 is 5.11 Å². The molecule has 19 heavy (non-hydrogen) atoms. The predicted octanol–water partition coefficient (Wildman–Crippen LogP) is 4.16. The van der Waals surface area contributed by atoms with Crippen LogP contribution in [0.25, 0.3) is 11.8 Å². The Bertz CT molecular complexity index is 574. The van der Waals surface area contributed by atoms with E-state index in [1.807, 2.05) is 0 Å². The number of nitrogens with zero attached hydrogens (tertiary/aromatic N) is 1. The van der Waals surface area contributed by atoms with Gasteiger partial charge in [0.1, 0.15) is 5.76 Å². The van der Waals surface area contributed by atoms with Crippen molar-refractivity contribution in [2.75, 3.05) is 0 Å². The minimum Gasteiger partial charge on any atom is -0.507 e. The molecule has 0 atom stereocenters. The maximum absolute atomic E-state index is 12.4. The number of rotatable bonds is 2. The Hall–Kier alpha value is -2.30. The van der Waals surface area contributed by atoms with Crippen LogP contribution >= 0.6 is 0 Å². The molecule has 0 aliphatic carbocycles. The molecule has 0 spiro atoms. The lowest BCUT2D eigenvalue weighted by Crippen LogP contribution is -2.04. The number of benzene rings is 1. The summed E-state index contributed by atoms with van der Waals surface area (Å²) in [6, 6.07) is 9.45. The lowest BCUT2D eigenvalue weighted by molar-refractivity contribution is -0.137. The molecule has 0 aliphatic rings. The monoisotopic (exact) mass is 265 g/mol. The summed E-state index contributed by atoms with van der Waals surface area (Å²) in [6.07, 6.45) is -1.42. The second kappa shape index (κ2) is 5.14. The van der Waals surface area contributed by atoms with Crippen molar-refractivity contribution in [1.82, 2.24) is 4.98 Å². The van der Waals surface area contributed by atoms with Gasteiger partial charge in [-0.1, -0.05) is 18.2 Å². The maximum atomic E-state index is 12.4. The van der Waals surface area contributed by atoms with Crippen molar-refractivity contribution in [1.29, 1.82) is 0 Å². The third-order valence-electron chi connectivity index (χ3n) is 2.48. The van der Waals surface area contributed by atoms with Crippen LogP contribution in [0.2, 0.25) is 0 Å². The van der Waals surface area contributed by atoms with E-state index in [0.29, 0.717) is 11.3 Å². The first-order chi connectivity index (χ1) is 8.97. The second-order valence-electron chi connectivity index (χ2n) is 3.86. The van der Waals surface area contributed by atoms with Crippen molar-refractivity contribution in [3.63, 3.8) is 0 Å². The number of pyridine rings is 1. The van der Waals surface area contributed by atoms with Crippen molar-refractivity contribution in [3.8, 4) is 0 Å². The molecule has 2 aromatic rings. The summed E-state index contributed by atoms with van der Waals surface area (Å²) in [5.74, 6) is -0.132. The van der Waals surface area contributed by atoms with E-state index in [0.717, 1.165) is 12.1 Å². The lowest BCUT2D eigenvalue weighted by atomic mass is 10.1. The highest BCUT2D eigenvalue weighted by Crippen LogP contribution is 2.29. The molecule has 1 N–H and O–H groups in total. The summed E-state index contributed by atoms with van der Waals surface area (Å²) in [4.78, 5) is 3.98. The first-order valence-electron chi connectivity index (χ1n) is 5.46. The average Bonchev–Trinajstić information content (AvgIpc) is 2.39. The van der Waals surface area contributed by atoms with E-state index in [-0.39, 0.29) is 5.76 Å². The Morgan fingerprint density at radius 3 is 2.26 bits per heavy atom. The first-order valence-corrected chi connectivity index (χ1v) is 5.46. The molecule has 0 saturated heterocycles. The number of alkyl halides is 3. The molecule has 1 aromatic carbocycles. The SMILES string of the molecule is O/C(=C\c1ccccn1)c1ccc(C(F)(F)F)cc1. The van der Waals surface area contributed by atoms with Gasteiger partial charge in [0.2, 0.25) is 0 Å². The quantitative estimate of drug-likeness (QED) is 0.827. The third-order valence-corrected chi connectivity index (χ3v) is 2.48. The zero-order valence-corrected chi connectivity index (χ0v) is 9.72. The van der Waals surface area contributed by atoms with E-state index in [4.69, 9.17) is 0 Å². The van der Waals surface area contributed by atoms with Crippen LogP contribution in [0.15, 0.2) is 48.7 Å². The summed E-state index contributed by atoms with van der Waals surface area (Å²) < 4.78 is 37.1. The van der Waals surface area contributed by atoms with Crippen LogP contribution in [0, 0.1) is 0 Å². The molecule has 1 heterocycles. The van der Waals surface area contributed by atoms with Gasteiger partial charge in [0, 0.05) is 17.8 Å². The normalized spacial score (nSPS) is 12.5. The molecule has 2 nitrogen and oxygen atoms in total. The molecule has 0 saturated carbocycles. The van der Waals surface area contributed by atoms with Gasteiger partial charge in [-0.3, -0.25) is 4.98 Å². The minimum atomic E-state index is -4.38. The number of halogens is 3. The summed E-state index contributed by atoms with van der Waals surface area (Å²) in [5.41, 5.74) is 0.0837. The van der Waals surface area contributed by atoms with Gasteiger partial charge in [-0.25, -0.2) is 0 Å². The summed E-state index contributed by atoms with van der Waals surface area (Å²) >= 11 is 0. The predicted molar refractivity (Wildman–Crippen MR) is 66.2 cm³/mol. The van der Waals surface area contributed by atoms with Crippen LogP contribution in [0.4, 0.5) is 13.2 Å². The van der Waals surface area contributed by atoms with Crippen LogP contribution in [-0.4, -0.2) is 10.1 Å². The molecule has 0 aliphatic heterocycles. The van der Waals surface area contributed by atoms with Crippen molar-refractivity contribution in [2.45, 2.75) is 6.18 Å². The molecule has 2 rings (SSSR count). The van der Waals surface area contributed by atoms with E-state index in [2.05, 4.69) is 4.98 Å². The van der Waals surface area contributed by atoms with E-state index < -0.39 is 11.7 Å². The fourth-order valence-electron chi connectivity index (χ4n) is 1.51. The Kier molecular flexibility index (Phi) is 3.55. The molecular weight excluding hydrogens is 255 g/mol. The third kappa shape index (κ3) is 3.34. The van der Waals surface area contributed by atoms with Crippen molar-refractivity contribution in [3.05, 3.63) is 65.5 Å². The summed E-state index contributed by atoms with van der Waals surface area (Å²) in [7, 11) is 0. The molecular formula is C14H10F3NO. The Balaban J connectivity index is 2.25. The van der Waals surface area contributed by atoms with Crippen molar-refractivity contribution < 1.29 is 18.3 Å². The van der Waals surface area contributed by atoms with Crippen LogP contribution in [-0.2, 0) is 6.18 Å². The van der Waals surface area contributed by atoms with Gasteiger partial charge in [0.05, 0.1) is 11.3 Å². The van der Waals surface area contributed by atoms with Gasteiger partial charge in [0.25, 0.3) is 0 Å². The van der Waals surface area contributed by atoms with Crippen LogP contribution in [0.3, 0.4) is 0 Å². The molecule has 0 radical (unpaired) electrons. The minimum absolute atomic E-state index is 0.132. The highest BCUT2D eigenvalue weighted by atomic mass is 19.4. The van der Waals surface area contributed by atoms with E-state index >= 15 is 0 Å². The van der Waals surface area contributed by atoms with Crippen molar-refractivity contribution in [2.24, 2.45) is 0 Å². The highest BCUT2D eigenvalue weighted by Gasteiger charge is 2.29. The smallest absolute Gasteiger partial charge is 0.416 e. The van der Waals surface area contributed by atoms with Gasteiger partial charge >= 0.3 is 6.18 Å². The van der Waals surface area contributed by atoms with E-state index in [1.165, 1.54) is 18.2 Å².